The summed E-state index contributed by atoms with van der Waals surface area (Å²) < 4.78 is 27.4. The molecule has 0 aromatic heterocycles. The minimum absolute atomic E-state index is 0.0554. The molecule has 1 aromatic carbocycles. The molecule has 1 aliphatic carbocycles. The minimum atomic E-state index is -0.304. The molecule has 30 heavy (non-hydrogen) atoms. The number of carbonyl (C=O) groups is 1. The number of rotatable bonds is 7. The van der Waals surface area contributed by atoms with Gasteiger partial charge in [-0.3, -0.25) is 4.79 Å². The zero-order chi connectivity index (χ0) is 21.6. The Labute approximate surface area is 177 Å². The second kappa shape index (κ2) is 9.88. The van der Waals surface area contributed by atoms with Gasteiger partial charge in [-0.15, -0.1) is 0 Å². The Balaban J connectivity index is 1.48. The smallest absolute Gasteiger partial charge is 0.224 e. The zero-order valence-corrected chi connectivity index (χ0v) is 17.7. The molecule has 0 bridgehead atoms. The number of nitrogens with zero attached hydrogens (tertiary/aromatic N) is 1. The molecule has 1 unspecified atom stereocenters. The van der Waals surface area contributed by atoms with Crippen molar-refractivity contribution in [2.45, 2.75) is 45.6 Å². The van der Waals surface area contributed by atoms with Crippen LogP contribution in [0, 0.1) is 5.41 Å². The summed E-state index contributed by atoms with van der Waals surface area (Å²) in [7, 11) is 0. The van der Waals surface area contributed by atoms with Gasteiger partial charge in [0.1, 0.15) is 11.7 Å². The molecule has 1 aromatic rings. The third kappa shape index (κ3) is 5.47. The Hall–Kier alpha value is -2.69. The number of carbonyl (C=O) groups excluding carboxylic acids is 1. The number of allylic oxidation sites excluding steroid dienone is 6. The van der Waals surface area contributed by atoms with Crippen LogP contribution < -0.4 is 5.32 Å². The molecule has 0 radical (unpaired) electrons. The minimum Gasteiger partial charge on any atom is -0.377 e. The van der Waals surface area contributed by atoms with Crippen molar-refractivity contribution in [1.82, 2.24) is 10.2 Å². The third-order valence-corrected chi connectivity index (χ3v) is 6.08. The predicted octanol–water partition coefficient (Wildman–Crippen LogP) is 5.47. The van der Waals surface area contributed by atoms with Gasteiger partial charge in [0.05, 0.1) is 6.42 Å². The van der Waals surface area contributed by atoms with Crippen LogP contribution in [0.5, 0.6) is 0 Å². The first-order valence-corrected chi connectivity index (χ1v) is 10.6. The summed E-state index contributed by atoms with van der Waals surface area (Å²) in [6.45, 7) is 5.23. The molecule has 1 amide bonds. The second-order valence-electron chi connectivity index (χ2n) is 8.09. The molecule has 1 N–H and O–H groups in total. The van der Waals surface area contributed by atoms with E-state index in [4.69, 9.17) is 0 Å². The lowest BCUT2D eigenvalue weighted by Gasteiger charge is -2.32. The maximum atomic E-state index is 14.0. The van der Waals surface area contributed by atoms with Crippen molar-refractivity contribution in [1.29, 1.82) is 0 Å². The van der Waals surface area contributed by atoms with Gasteiger partial charge in [0.15, 0.2) is 0 Å². The molecule has 2 fully saturated rings. The van der Waals surface area contributed by atoms with E-state index < -0.39 is 0 Å². The standard InChI is InChI=1S/C25H30F2N2O/c1-3-8-20(26)10-7-14-29-15-12-25(13-16-29)18-23(25)28-24(30)17-19-9-5-6-11-21(19)22(27)4-2/h3-11,14,23H,12-13,15-18H2,1-2H3,(H,28,30)/b8-3-,14-7+,20-10+,22-4+. The van der Waals surface area contributed by atoms with Gasteiger partial charge in [-0.1, -0.05) is 36.4 Å². The average molecular weight is 413 g/mol. The Morgan fingerprint density at radius 3 is 2.67 bits per heavy atom. The molecule has 1 heterocycles. The summed E-state index contributed by atoms with van der Waals surface area (Å²) in [5, 5.41) is 3.15. The lowest BCUT2D eigenvalue weighted by Crippen LogP contribution is -2.37. The van der Waals surface area contributed by atoms with E-state index in [1.807, 2.05) is 12.3 Å². The van der Waals surface area contributed by atoms with E-state index in [0.717, 1.165) is 32.4 Å². The van der Waals surface area contributed by atoms with Gasteiger partial charge in [0.2, 0.25) is 5.91 Å². The molecule has 3 rings (SSSR count). The predicted molar refractivity (Wildman–Crippen MR) is 118 cm³/mol. The molecule has 3 nitrogen and oxygen atoms in total. The van der Waals surface area contributed by atoms with Gasteiger partial charge >= 0.3 is 0 Å². The number of hydrogen-bond donors (Lipinski definition) is 1. The monoisotopic (exact) mass is 412 g/mol. The fraction of sp³-hybridized carbons (Fsp3) is 0.400. The summed E-state index contributed by atoms with van der Waals surface area (Å²) in [4.78, 5) is 14.7. The highest BCUT2D eigenvalue weighted by molar-refractivity contribution is 5.81. The summed E-state index contributed by atoms with van der Waals surface area (Å²) in [5.41, 5.74) is 1.37. The Morgan fingerprint density at radius 2 is 1.97 bits per heavy atom. The lowest BCUT2D eigenvalue weighted by atomic mass is 9.92. The fourth-order valence-corrected chi connectivity index (χ4v) is 4.18. The molecular weight excluding hydrogens is 382 g/mol. The summed E-state index contributed by atoms with van der Waals surface area (Å²) in [6, 6.07) is 7.32. The second-order valence-corrected chi connectivity index (χ2v) is 8.09. The molecule has 1 saturated carbocycles. The number of hydrogen-bond acceptors (Lipinski definition) is 2. The quantitative estimate of drug-likeness (QED) is 0.602. The maximum Gasteiger partial charge on any atom is 0.224 e. The zero-order valence-electron chi connectivity index (χ0n) is 17.7. The van der Waals surface area contributed by atoms with Gasteiger partial charge in [-0.25, -0.2) is 8.78 Å². The lowest BCUT2D eigenvalue weighted by molar-refractivity contribution is -0.120. The van der Waals surface area contributed by atoms with Gasteiger partial charge < -0.3 is 10.2 Å². The maximum absolute atomic E-state index is 14.0. The van der Waals surface area contributed by atoms with E-state index in [9.17, 15) is 13.6 Å². The van der Waals surface area contributed by atoms with Gasteiger partial charge in [-0.2, -0.15) is 0 Å². The average Bonchev–Trinajstić information content (AvgIpc) is 3.40. The Bertz CT molecular complexity index is 877. The number of piperidine rings is 1. The largest absolute Gasteiger partial charge is 0.377 e. The van der Waals surface area contributed by atoms with Crippen molar-refractivity contribution < 1.29 is 13.6 Å². The van der Waals surface area contributed by atoms with Crippen LogP contribution in [-0.2, 0) is 11.2 Å². The van der Waals surface area contributed by atoms with E-state index in [1.54, 1.807) is 44.2 Å². The number of nitrogens with one attached hydrogen (secondary N) is 1. The molecule has 1 atom stereocenters. The third-order valence-electron chi connectivity index (χ3n) is 6.08. The van der Waals surface area contributed by atoms with Crippen molar-refractivity contribution in [3.05, 3.63) is 77.8 Å². The highest BCUT2D eigenvalue weighted by Gasteiger charge is 2.55. The summed E-state index contributed by atoms with van der Waals surface area (Å²) >= 11 is 0. The fourth-order valence-electron chi connectivity index (χ4n) is 4.18. The number of benzene rings is 1. The van der Waals surface area contributed by atoms with Crippen molar-refractivity contribution in [2.75, 3.05) is 13.1 Å². The van der Waals surface area contributed by atoms with Crippen LogP contribution in [0.15, 0.2) is 66.7 Å². The van der Waals surface area contributed by atoms with Crippen molar-refractivity contribution >= 4 is 11.7 Å². The van der Waals surface area contributed by atoms with Gasteiger partial charge in [0.25, 0.3) is 0 Å². The van der Waals surface area contributed by atoms with Crippen molar-refractivity contribution in [3.8, 4) is 0 Å². The van der Waals surface area contributed by atoms with Gasteiger partial charge in [0, 0.05) is 24.7 Å². The van der Waals surface area contributed by atoms with Crippen LogP contribution in [0.3, 0.4) is 0 Å². The van der Waals surface area contributed by atoms with Gasteiger partial charge in [-0.05, 0) is 68.5 Å². The van der Waals surface area contributed by atoms with Crippen LogP contribution in [0.1, 0.15) is 44.2 Å². The van der Waals surface area contributed by atoms with E-state index in [-0.39, 0.29) is 35.4 Å². The molecule has 160 valence electrons. The first-order valence-electron chi connectivity index (χ1n) is 10.6. The van der Waals surface area contributed by atoms with E-state index in [1.165, 1.54) is 18.2 Å². The van der Waals surface area contributed by atoms with E-state index in [2.05, 4.69) is 10.2 Å². The van der Waals surface area contributed by atoms with E-state index in [0.29, 0.717) is 11.1 Å². The molecular formula is C25H30F2N2O. The molecule has 1 aliphatic heterocycles. The SMILES string of the molecule is C\C=C/C(F)=C\C=C\N1CCC2(CC1)CC2NC(=O)Cc1ccccc1/C(F)=C\C. The topological polar surface area (TPSA) is 32.3 Å². The number of likely N-dealkylation sites (tertiary alicyclic amines) is 1. The van der Waals surface area contributed by atoms with Crippen LogP contribution >= 0.6 is 0 Å². The van der Waals surface area contributed by atoms with Crippen molar-refractivity contribution in [2.24, 2.45) is 5.41 Å². The Morgan fingerprint density at radius 1 is 1.23 bits per heavy atom. The number of amides is 1. The highest BCUT2D eigenvalue weighted by atomic mass is 19.1. The molecule has 2 aliphatic rings. The van der Waals surface area contributed by atoms with Crippen LogP contribution in [0.4, 0.5) is 8.78 Å². The summed E-state index contributed by atoms with van der Waals surface area (Å²) in [5.74, 6) is -0.620. The van der Waals surface area contributed by atoms with Crippen molar-refractivity contribution in [3.63, 3.8) is 0 Å². The molecule has 5 heteroatoms. The number of halogens is 2. The van der Waals surface area contributed by atoms with Crippen LogP contribution in [-0.4, -0.2) is 29.9 Å². The van der Waals surface area contributed by atoms with Crippen LogP contribution in [0.25, 0.3) is 5.83 Å². The molecule has 1 spiro atoms. The normalized spacial score (nSPS) is 21.6. The van der Waals surface area contributed by atoms with E-state index >= 15 is 0 Å². The summed E-state index contributed by atoms with van der Waals surface area (Å²) in [6.07, 6.45) is 12.8. The van der Waals surface area contributed by atoms with Crippen LogP contribution in [0.2, 0.25) is 0 Å². The Kier molecular flexibility index (Phi) is 7.24. The first-order chi connectivity index (χ1) is 14.5. The molecule has 1 saturated heterocycles. The first kappa shape index (κ1) is 22.0. The highest BCUT2D eigenvalue weighted by Crippen LogP contribution is 2.53.